The molecule has 1 aromatic heterocycles. The summed E-state index contributed by atoms with van der Waals surface area (Å²) >= 11 is 0. The average molecular weight is 692 g/mol. The molecule has 270 valence electrons. The zero-order valence-corrected chi connectivity index (χ0v) is 28.7. The van der Waals surface area contributed by atoms with Crippen LogP contribution < -0.4 is 43.8 Å². The van der Waals surface area contributed by atoms with Crippen LogP contribution in [-0.4, -0.2) is 83.2 Å². The minimum atomic E-state index is -1.20. The number of nitrogens with two attached hydrogens (primary N) is 3. The SMILES string of the molecule is C[C@H](NC(=O)[C@@H](C)N)C(=O)N[C@H](C)C(=O)N[C@@H](Cc1c[nH]c2ccccc12)C(=O)N[C@@H](Cc1ccccc1)C(=O)N[C@@H](CCCCN)C(N)=O. The summed E-state index contributed by atoms with van der Waals surface area (Å²) in [6, 6.07) is 10.2. The van der Waals surface area contributed by atoms with E-state index in [1.54, 1.807) is 30.5 Å². The highest BCUT2D eigenvalue weighted by Gasteiger charge is 2.31. The molecule has 0 saturated carbocycles. The number of primary amides is 1. The van der Waals surface area contributed by atoms with E-state index in [4.69, 9.17) is 17.2 Å². The monoisotopic (exact) mass is 691 g/mol. The predicted molar refractivity (Wildman–Crippen MR) is 189 cm³/mol. The smallest absolute Gasteiger partial charge is 0.243 e. The van der Waals surface area contributed by atoms with Gasteiger partial charge in [0.15, 0.2) is 0 Å². The van der Waals surface area contributed by atoms with E-state index in [1.165, 1.54) is 20.8 Å². The summed E-state index contributed by atoms with van der Waals surface area (Å²) < 4.78 is 0. The van der Waals surface area contributed by atoms with Gasteiger partial charge in [0, 0.05) is 29.9 Å². The number of benzene rings is 2. The van der Waals surface area contributed by atoms with Gasteiger partial charge in [-0.1, -0.05) is 48.5 Å². The third-order valence-electron chi connectivity index (χ3n) is 8.17. The van der Waals surface area contributed by atoms with Gasteiger partial charge < -0.3 is 48.8 Å². The van der Waals surface area contributed by atoms with Crippen LogP contribution in [0.4, 0.5) is 0 Å². The molecule has 1 heterocycles. The Morgan fingerprint density at radius 3 is 1.82 bits per heavy atom. The minimum Gasteiger partial charge on any atom is -0.368 e. The second kappa shape index (κ2) is 19.0. The van der Waals surface area contributed by atoms with Gasteiger partial charge in [0.05, 0.1) is 6.04 Å². The van der Waals surface area contributed by atoms with Crippen LogP contribution in [0.5, 0.6) is 0 Å². The van der Waals surface area contributed by atoms with Crippen molar-refractivity contribution in [3.8, 4) is 0 Å². The molecule has 6 amide bonds. The molecule has 2 aromatic carbocycles. The van der Waals surface area contributed by atoms with E-state index in [-0.39, 0.29) is 19.3 Å². The first kappa shape index (κ1) is 39.2. The topological polar surface area (TPSA) is 256 Å². The molecule has 0 spiro atoms. The summed E-state index contributed by atoms with van der Waals surface area (Å²) in [7, 11) is 0. The molecule has 6 atom stereocenters. The third-order valence-corrected chi connectivity index (χ3v) is 8.17. The molecule has 12 N–H and O–H groups in total. The number of nitrogens with one attached hydrogen (secondary N) is 6. The maximum absolute atomic E-state index is 14.0. The lowest BCUT2D eigenvalue weighted by atomic mass is 10.0. The molecule has 0 saturated heterocycles. The van der Waals surface area contributed by atoms with Crippen LogP contribution in [0.2, 0.25) is 0 Å². The molecule has 50 heavy (non-hydrogen) atoms. The first-order valence-corrected chi connectivity index (χ1v) is 16.7. The fraction of sp³-hybridized carbons (Fsp3) is 0.429. The fourth-order valence-corrected chi connectivity index (χ4v) is 5.22. The molecule has 3 rings (SSSR count). The number of unbranched alkanes of at least 4 members (excludes halogenated alkanes) is 1. The number of amides is 6. The van der Waals surface area contributed by atoms with Crippen molar-refractivity contribution in [2.24, 2.45) is 17.2 Å². The maximum Gasteiger partial charge on any atom is 0.243 e. The van der Waals surface area contributed by atoms with Gasteiger partial charge in [0.2, 0.25) is 35.4 Å². The van der Waals surface area contributed by atoms with Crippen LogP contribution in [0.15, 0.2) is 60.8 Å². The lowest BCUT2D eigenvalue weighted by Gasteiger charge is -2.26. The quantitative estimate of drug-likeness (QED) is 0.0730. The molecule has 0 aliphatic carbocycles. The van der Waals surface area contributed by atoms with Crippen molar-refractivity contribution in [2.75, 3.05) is 6.54 Å². The van der Waals surface area contributed by atoms with Crippen molar-refractivity contribution in [2.45, 2.75) is 89.1 Å². The minimum absolute atomic E-state index is 0.0335. The van der Waals surface area contributed by atoms with Crippen LogP contribution in [0, 0.1) is 0 Å². The second-order valence-electron chi connectivity index (χ2n) is 12.4. The van der Waals surface area contributed by atoms with Gasteiger partial charge in [-0.05, 0) is 63.8 Å². The first-order valence-electron chi connectivity index (χ1n) is 16.7. The number of H-pyrrole nitrogens is 1. The van der Waals surface area contributed by atoms with E-state index in [9.17, 15) is 28.8 Å². The lowest BCUT2D eigenvalue weighted by molar-refractivity contribution is -0.134. The number of aromatic amines is 1. The van der Waals surface area contributed by atoms with Crippen LogP contribution in [-0.2, 0) is 41.6 Å². The number of fused-ring (bicyclic) bond motifs is 1. The normalized spacial score (nSPS) is 14.7. The maximum atomic E-state index is 14.0. The fourth-order valence-electron chi connectivity index (χ4n) is 5.22. The summed E-state index contributed by atoms with van der Waals surface area (Å²) in [5.41, 5.74) is 19.0. The molecule has 15 heteroatoms. The number of carbonyl (C=O) groups is 6. The highest BCUT2D eigenvalue weighted by molar-refractivity contribution is 5.97. The Balaban J connectivity index is 1.85. The van der Waals surface area contributed by atoms with E-state index >= 15 is 0 Å². The lowest BCUT2D eigenvalue weighted by Crippen LogP contribution is -2.59. The van der Waals surface area contributed by atoms with Crippen molar-refractivity contribution >= 4 is 46.3 Å². The van der Waals surface area contributed by atoms with Gasteiger partial charge in [-0.25, -0.2) is 0 Å². The Labute approximate surface area is 291 Å². The number of rotatable bonds is 19. The zero-order chi connectivity index (χ0) is 36.8. The zero-order valence-electron chi connectivity index (χ0n) is 28.7. The van der Waals surface area contributed by atoms with Gasteiger partial charge in [-0.2, -0.15) is 0 Å². The third kappa shape index (κ3) is 11.7. The Morgan fingerprint density at radius 2 is 1.20 bits per heavy atom. The van der Waals surface area contributed by atoms with Gasteiger partial charge in [0.25, 0.3) is 0 Å². The Bertz CT molecular complexity index is 1630. The molecule has 0 bridgehead atoms. The van der Waals surface area contributed by atoms with Crippen molar-refractivity contribution in [1.29, 1.82) is 0 Å². The summed E-state index contributed by atoms with van der Waals surface area (Å²) in [4.78, 5) is 81.2. The summed E-state index contributed by atoms with van der Waals surface area (Å²) in [5.74, 6) is -3.86. The van der Waals surface area contributed by atoms with Crippen molar-refractivity contribution < 1.29 is 28.8 Å². The molecule has 0 unspecified atom stereocenters. The number of aromatic nitrogens is 1. The van der Waals surface area contributed by atoms with Crippen LogP contribution in [0.25, 0.3) is 10.9 Å². The van der Waals surface area contributed by atoms with E-state index in [0.717, 1.165) is 22.0 Å². The molecule has 3 aromatic rings. The van der Waals surface area contributed by atoms with E-state index in [0.29, 0.717) is 19.4 Å². The van der Waals surface area contributed by atoms with Gasteiger partial charge in [-0.15, -0.1) is 0 Å². The molecule has 0 fully saturated rings. The van der Waals surface area contributed by atoms with E-state index in [1.807, 2.05) is 30.3 Å². The van der Waals surface area contributed by atoms with Crippen molar-refractivity contribution in [3.63, 3.8) is 0 Å². The first-order chi connectivity index (χ1) is 23.8. The molecule has 0 aliphatic rings. The molecular formula is C35H49N9O6. The highest BCUT2D eigenvalue weighted by Crippen LogP contribution is 2.19. The second-order valence-corrected chi connectivity index (χ2v) is 12.4. The van der Waals surface area contributed by atoms with E-state index < -0.39 is 71.7 Å². The number of para-hydroxylation sites is 1. The molecule has 0 radical (unpaired) electrons. The Morgan fingerprint density at radius 1 is 0.660 bits per heavy atom. The summed E-state index contributed by atoms with van der Waals surface area (Å²) in [6.45, 7) is 4.78. The van der Waals surface area contributed by atoms with Crippen molar-refractivity contribution in [3.05, 3.63) is 71.9 Å². The van der Waals surface area contributed by atoms with Gasteiger partial charge in [0.1, 0.15) is 30.2 Å². The summed E-state index contributed by atoms with van der Waals surface area (Å²) in [6.07, 6.45) is 3.33. The Hall–Kier alpha value is -5.28. The predicted octanol–water partition coefficient (Wildman–Crippen LogP) is -0.622. The molecular weight excluding hydrogens is 642 g/mol. The van der Waals surface area contributed by atoms with Gasteiger partial charge >= 0.3 is 0 Å². The van der Waals surface area contributed by atoms with Crippen LogP contribution in [0.3, 0.4) is 0 Å². The Kier molecular flexibility index (Phi) is 14.9. The number of hydrogen-bond acceptors (Lipinski definition) is 8. The van der Waals surface area contributed by atoms with Crippen LogP contribution in [0.1, 0.15) is 51.2 Å². The van der Waals surface area contributed by atoms with Gasteiger partial charge in [-0.3, -0.25) is 28.8 Å². The highest BCUT2D eigenvalue weighted by atomic mass is 16.2. The number of hydrogen-bond donors (Lipinski definition) is 9. The molecule has 15 nitrogen and oxygen atoms in total. The van der Waals surface area contributed by atoms with Crippen molar-refractivity contribution in [1.82, 2.24) is 31.6 Å². The largest absolute Gasteiger partial charge is 0.368 e. The number of carbonyl (C=O) groups excluding carboxylic acids is 6. The van der Waals surface area contributed by atoms with E-state index in [2.05, 4.69) is 31.6 Å². The summed E-state index contributed by atoms with van der Waals surface area (Å²) in [5, 5.41) is 14.0. The van der Waals surface area contributed by atoms with Crippen LogP contribution >= 0.6 is 0 Å². The standard InChI is InChI=1S/C35H49N9O6/c1-20(37)31(46)40-21(2)32(47)41-22(3)33(48)43-29(18-24-19-39-26-14-8-7-13-25(24)26)35(50)44-28(17-23-11-5-4-6-12-23)34(49)42-27(30(38)45)15-9-10-16-36/h4-8,11-14,19-22,27-29,39H,9-10,15-18,36-37H2,1-3H3,(H2,38,45)(H,40,46)(H,41,47)(H,42,49)(H,43,48)(H,44,50)/t20-,21+,22-,27+,28+,29+/m1/s1. The average Bonchev–Trinajstić information content (AvgIpc) is 3.49. The molecule has 0 aliphatic heterocycles.